The van der Waals surface area contributed by atoms with Crippen LogP contribution in [0, 0.1) is 5.92 Å². The number of aliphatic hydroxyl groups excluding tert-OH is 1. The molecule has 0 aromatic carbocycles. The number of amides is 2. The van der Waals surface area contributed by atoms with Crippen LogP contribution in [-0.2, 0) is 16.0 Å². The van der Waals surface area contributed by atoms with E-state index in [2.05, 4.69) is 15.3 Å². The average Bonchev–Trinajstić information content (AvgIpc) is 3.33. The number of hydrogen-bond donors (Lipinski definition) is 3. The first-order valence-corrected chi connectivity index (χ1v) is 8.80. The number of H-pyrrole nitrogens is 1. The van der Waals surface area contributed by atoms with E-state index in [0.717, 1.165) is 12.0 Å². The molecule has 3 heterocycles. The van der Waals surface area contributed by atoms with Crippen molar-refractivity contribution >= 4 is 23.2 Å². The number of aromatic nitrogens is 2. The summed E-state index contributed by atoms with van der Waals surface area (Å²) in [6, 6.07) is 1.97. The number of aromatic amines is 1. The Hall–Kier alpha value is -2.19. The summed E-state index contributed by atoms with van der Waals surface area (Å²) in [5, 5.41) is 16.6. The van der Waals surface area contributed by atoms with E-state index in [0.29, 0.717) is 31.7 Å². The Morgan fingerprint density at radius 3 is 3.12 bits per heavy atom. The fourth-order valence-corrected chi connectivity index (χ4v) is 3.47. The lowest BCUT2D eigenvalue weighted by Crippen LogP contribution is -2.35. The molecule has 2 amide bonds. The third-order valence-corrected chi connectivity index (χ3v) is 4.93. The van der Waals surface area contributed by atoms with Crippen LogP contribution in [0.5, 0.6) is 0 Å². The molecule has 0 spiro atoms. The fraction of sp³-hybridized carbons (Fsp3) is 0.438. The molecule has 2 aromatic rings. The van der Waals surface area contributed by atoms with Gasteiger partial charge in [-0.3, -0.25) is 9.59 Å². The molecule has 1 aliphatic heterocycles. The quantitative estimate of drug-likeness (QED) is 0.716. The monoisotopic (exact) mass is 348 g/mol. The molecule has 128 valence electrons. The molecule has 3 N–H and O–H groups in total. The van der Waals surface area contributed by atoms with Crippen molar-refractivity contribution < 1.29 is 14.7 Å². The first kappa shape index (κ1) is 16.7. The molecular weight excluding hydrogens is 328 g/mol. The van der Waals surface area contributed by atoms with Gasteiger partial charge in [-0.25, -0.2) is 4.98 Å². The van der Waals surface area contributed by atoms with Crippen molar-refractivity contribution in [3.63, 3.8) is 0 Å². The number of carbonyl (C=O) groups excluding carboxylic acids is 2. The molecule has 0 saturated carbocycles. The highest BCUT2D eigenvalue weighted by atomic mass is 32.1. The van der Waals surface area contributed by atoms with E-state index in [9.17, 15) is 14.7 Å². The molecule has 1 saturated heterocycles. The zero-order valence-electron chi connectivity index (χ0n) is 13.1. The predicted molar refractivity (Wildman–Crippen MR) is 89.3 cm³/mol. The minimum absolute atomic E-state index is 0.125. The maximum absolute atomic E-state index is 12.3. The van der Waals surface area contributed by atoms with E-state index in [1.807, 2.05) is 21.7 Å². The summed E-state index contributed by atoms with van der Waals surface area (Å²) in [5.41, 5.74) is 1.41. The van der Waals surface area contributed by atoms with Crippen LogP contribution in [-0.4, -0.2) is 51.4 Å². The zero-order valence-corrected chi connectivity index (χ0v) is 14.0. The first-order chi connectivity index (χ1) is 11.6. The molecule has 24 heavy (non-hydrogen) atoms. The molecular formula is C16H20N4O3S. The summed E-state index contributed by atoms with van der Waals surface area (Å²) in [4.78, 5) is 32.5. The molecule has 2 aromatic heterocycles. The molecule has 0 bridgehead atoms. The number of aliphatic hydroxyl groups is 1. The molecule has 8 heteroatoms. The first-order valence-electron chi connectivity index (χ1n) is 7.86. The van der Waals surface area contributed by atoms with Gasteiger partial charge in [0.1, 0.15) is 0 Å². The minimum Gasteiger partial charge on any atom is -0.377 e. The normalized spacial score (nSPS) is 18.5. The Balaban J connectivity index is 1.43. The standard InChI is InChI=1S/C16H20N4O3S/c21-14(5-11-2-4-24-9-11)20-3-1-12(8-20)6-18-16(23)15(22)13-7-17-10-19-13/h2,4,7,9-10,12,15,22H,1,3,5-6,8H2,(H,17,19)(H,18,23). The lowest BCUT2D eigenvalue weighted by Gasteiger charge is -2.17. The molecule has 0 aliphatic carbocycles. The van der Waals surface area contributed by atoms with E-state index < -0.39 is 12.0 Å². The van der Waals surface area contributed by atoms with Gasteiger partial charge in [-0.15, -0.1) is 0 Å². The molecule has 1 aliphatic rings. The van der Waals surface area contributed by atoms with Crippen molar-refractivity contribution in [3.05, 3.63) is 40.6 Å². The summed E-state index contributed by atoms with van der Waals surface area (Å²) in [6.07, 6.45) is 2.88. The van der Waals surface area contributed by atoms with Gasteiger partial charge in [-0.1, -0.05) is 0 Å². The van der Waals surface area contributed by atoms with Gasteiger partial charge in [-0.2, -0.15) is 11.3 Å². The maximum atomic E-state index is 12.3. The highest BCUT2D eigenvalue weighted by Crippen LogP contribution is 2.18. The van der Waals surface area contributed by atoms with Gasteiger partial charge in [0.25, 0.3) is 5.91 Å². The van der Waals surface area contributed by atoms with E-state index in [1.54, 1.807) is 11.3 Å². The summed E-state index contributed by atoms with van der Waals surface area (Å²) >= 11 is 1.59. The number of thiophene rings is 1. The van der Waals surface area contributed by atoms with Crippen molar-refractivity contribution in [2.24, 2.45) is 5.92 Å². The third kappa shape index (κ3) is 4.01. The van der Waals surface area contributed by atoms with Crippen LogP contribution in [0.3, 0.4) is 0 Å². The van der Waals surface area contributed by atoms with Gasteiger partial charge in [-0.05, 0) is 34.7 Å². The third-order valence-electron chi connectivity index (χ3n) is 4.20. The average molecular weight is 348 g/mol. The van der Waals surface area contributed by atoms with Crippen LogP contribution in [0.25, 0.3) is 0 Å². The van der Waals surface area contributed by atoms with Gasteiger partial charge in [0.2, 0.25) is 5.91 Å². The van der Waals surface area contributed by atoms with Crippen LogP contribution in [0.1, 0.15) is 23.8 Å². The minimum atomic E-state index is -1.25. The van der Waals surface area contributed by atoms with Crippen molar-refractivity contribution in [2.45, 2.75) is 18.9 Å². The van der Waals surface area contributed by atoms with Crippen LogP contribution in [0.4, 0.5) is 0 Å². The zero-order chi connectivity index (χ0) is 16.9. The highest BCUT2D eigenvalue weighted by molar-refractivity contribution is 7.08. The number of nitrogens with one attached hydrogen (secondary N) is 2. The van der Waals surface area contributed by atoms with Crippen molar-refractivity contribution in [2.75, 3.05) is 19.6 Å². The van der Waals surface area contributed by atoms with Gasteiger partial charge >= 0.3 is 0 Å². The Kier molecular flexibility index (Phi) is 5.27. The second-order valence-electron chi connectivity index (χ2n) is 5.96. The number of rotatable bonds is 6. The summed E-state index contributed by atoms with van der Waals surface area (Å²) in [6.45, 7) is 1.81. The number of nitrogens with zero attached hydrogens (tertiary/aromatic N) is 2. The van der Waals surface area contributed by atoms with Crippen LogP contribution in [0.2, 0.25) is 0 Å². The van der Waals surface area contributed by atoms with Crippen LogP contribution in [0.15, 0.2) is 29.4 Å². The van der Waals surface area contributed by atoms with Crippen LogP contribution < -0.4 is 5.32 Å². The smallest absolute Gasteiger partial charge is 0.255 e. The van der Waals surface area contributed by atoms with Crippen molar-refractivity contribution in [1.29, 1.82) is 0 Å². The predicted octanol–water partition coefficient (Wildman–Crippen LogP) is 0.712. The summed E-state index contributed by atoms with van der Waals surface area (Å²) in [5.74, 6) is -0.114. The Labute approximate surface area is 143 Å². The number of likely N-dealkylation sites (tertiary alicyclic amines) is 1. The summed E-state index contributed by atoms with van der Waals surface area (Å²) < 4.78 is 0. The number of hydrogen-bond acceptors (Lipinski definition) is 5. The van der Waals surface area contributed by atoms with E-state index in [-0.39, 0.29) is 11.8 Å². The van der Waals surface area contributed by atoms with Gasteiger partial charge < -0.3 is 20.3 Å². The molecule has 3 rings (SSSR count). The Morgan fingerprint density at radius 1 is 1.54 bits per heavy atom. The maximum Gasteiger partial charge on any atom is 0.255 e. The van der Waals surface area contributed by atoms with Crippen molar-refractivity contribution in [1.82, 2.24) is 20.2 Å². The highest BCUT2D eigenvalue weighted by Gasteiger charge is 2.27. The van der Waals surface area contributed by atoms with Crippen LogP contribution >= 0.6 is 11.3 Å². The molecule has 2 unspecified atom stereocenters. The molecule has 2 atom stereocenters. The second-order valence-corrected chi connectivity index (χ2v) is 6.74. The largest absolute Gasteiger partial charge is 0.377 e. The van der Waals surface area contributed by atoms with Gasteiger partial charge in [0, 0.05) is 19.6 Å². The topological polar surface area (TPSA) is 98.3 Å². The lowest BCUT2D eigenvalue weighted by molar-refractivity contribution is -0.130. The molecule has 7 nitrogen and oxygen atoms in total. The van der Waals surface area contributed by atoms with E-state index in [4.69, 9.17) is 0 Å². The Bertz CT molecular complexity index is 672. The SMILES string of the molecule is O=C(NCC1CCN(C(=O)Cc2ccsc2)C1)C(O)c1cnc[nH]1. The molecule has 1 fully saturated rings. The van der Waals surface area contributed by atoms with Crippen molar-refractivity contribution in [3.8, 4) is 0 Å². The van der Waals surface area contributed by atoms with E-state index in [1.165, 1.54) is 12.5 Å². The number of carbonyl (C=O) groups is 2. The van der Waals surface area contributed by atoms with E-state index >= 15 is 0 Å². The lowest BCUT2D eigenvalue weighted by atomic mass is 10.1. The summed E-state index contributed by atoms with van der Waals surface area (Å²) in [7, 11) is 0. The molecule has 0 radical (unpaired) electrons. The Morgan fingerprint density at radius 2 is 2.42 bits per heavy atom. The fourth-order valence-electron chi connectivity index (χ4n) is 2.80. The van der Waals surface area contributed by atoms with Gasteiger partial charge in [0.15, 0.2) is 6.10 Å². The van der Waals surface area contributed by atoms with Gasteiger partial charge in [0.05, 0.1) is 24.6 Å². The second kappa shape index (κ2) is 7.59. The number of imidazole rings is 1.